The first-order valence-electron chi connectivity index (χ1n) is 7.13. The first-order chi connectivity index (χ1) is 9.08. The molecule has 0 atom stereocenters. The highest BCUT2D eigenvalue weighted by molar-refractivity contribution is 7.30. The summed E-state index contributed by atoms with van der Waals surface area (Å²) in [7, 11) is -3.13. The van der Waals surface area contributed by atoms with Crippen LogP contribution in [-0.2, 0) is 4.57 Å². The fourth-order valence-electron chi connectivity index (χ4n) is 2.58. The summed E-state index contributed by atoms with van der Waals surface area (Å²) in [6, 6.07) is 0. The number of hydrogen-bond acceptors (Lipinski definition) is 1. The number of fused-ring (bicyclic) bond motifs is 2. The van der Waals surface area contributed by atoms with Gasteiger partial charge in [0, 0.05) is 0 Å². The maximum Gasteiger partial charge on any atom is 0.314 e. The van der Waals surface area contributed by atoms with Gasteiger partial charge in [-0.25, -0.2) is 0 Å². The molecule has 19 heavy (non-hydrogen) atoms. The van der Waals surface area contributed by atoms with E-state index < -0.39 is 8.25 Å². The molecule has 4 heteroatoms. The summed E-state index contributed by atoms with van der Waals surface area (Å²) in [5, 5.41) is 0. The predicted molar refractivity (Wildman–Crippen MR) is 80.3 cm³/mol. The third kappa shape index (κ3) is 5.48. The lowest BCUT2D eigenvalue weighted by Gasteiger charge is -2.09. The molecule has 3 nitrogen and oxygen atoms in total. The van der Waals surface area contributed by atoms with Gasteiger partial charge in [-0.05, 0) is 54.4 Å². The number of unbranched alkanes of at least 4 members (excludes halogenated alkanes) is 2. The van der Waals surface area contributed by atoms with E-state index in [1.165, 1.54) is 44.9 Å². The standard InChI is InChI=1S/C15H22.H3O3P/c1-3-5-7-13-9-12-10-14(8-6-4-2)15(13)11-12;1-4(2)3/h9-10H,3-8,11H2,1-2H3;4H,(H2,1,2,3). The fourth-order valence-corrected chi connectivity index (χ4v) is 2.58. The fraction of sp³-hybridized carbons (Fsp3) is 0.600. The quantitative estimate of drug-likeness (QED) is 0.715. The first kappa shape index (κ1) is 16.4. The second kappa shape index (κ2) is 8.52. The zero-order valence-electron chi connectivity index (χ0n) is 11.9. The zero-order chi connectivity index (χ0) is 14.3. The van der Waals surface area contributed by atoms with Crippen molar-refractivity contribution in [3.8, 4) is 0 Å². The Morgan fingerprint density at radius 1 is 1.11 bits per heavy atom. The van der Waals surface area contributed by atoms with Crippen molar-refractivity contribution >= 4 is 8.25 Å². The van der Waals surface area contributed by atoms with Crippen LogP contribution in [0.15, 0.2) is 34.4 Å². The molecule has 108 valence electrons. The third-order valence-electron chi connectivity index (χ3n) is 3.47. The van der Waals surface area contributed by atoms with Gasteiger partial charge in [-0.3, -0.25) is 4.57 Å². The molecule has 2 N–H and O–H groups in total. The highest BCUT2D eigenvalue weighted by Crippen LogP contribution is 2.42. The van der Waals surface area contributed by atoms with Crippen LogP contribution in [0.1, 0.15) is 58.8 Å². The Kier molecular flexibility index (Phi) is 7.37. The average molecular weight is 284 g/mol. The van der Waals surface area contributed by atoms with Crippen molar-refractivity contribution < 1.29 is 14.4 Å². The third-order valence-corrected chi connectivity index (χ3v) is 3.47. The Balaban J connectivity index is 0.000000399. The minimum atomic E-state index is -3.13. The molecule has 0 spiro atoms. The molecular formula is C15H25O3P. The summed E-state index contributed by atoms with van der Waals surface area (Å²) in [6.45, 7) is 4.55. The summed E-state index contributed by atoms with van der Waals surface area (Å²) >= 11 is 0. The molecule has 0 unspecified atom stereocenters. The van der Waals surface area contributed by atoms with Crippen LogP contribution in [0.25, 0.3) is 0 Å². The van der Waals surface area contributed by atoms with Gasteiger partial charge in [-0.2, -0.15) is 0 Å². The van der Waals surface area contributed by atoms with Gasteiger partial charge in [0.05, 0.1) is 0 Å². The van der Waals surface area contributed by atoms with Gasteiger partial charge < -0.3 is 9.79 Å². The van der Waals surface area contributed by atoms with Gasteiger partial charge in [0.15, 0.2) is 0 Å². The van der Waals surface area contributed by atoms with E-state index in [0.717, 1.165) is 0 Å². The van der Waals surface area contributed by atoms with Crippen LogP contribution in [-0.4, -0.2) is 9.79 Å². The molecule has 0 aromatic heterocycles. The molecule has 0 aliphatic heterocycles. The summed E-state index contributed by atoms with van der Waals surface area (Å²) in [6.07, 6.45) is 14.0. The van der Waals surface area contributed by atoms with Gasteiger partial charge >= 0.3 is 8.25 Å². The summed E-state index contributed by atoms with van der Waals surface area (Å²) < 4.78 is 8.74. The molecule has 2 aliphatic rings. The predicted octanol–water partition coefficient (Wildman–Crippen LogP) is 4.29. The minimum absolute atomic E-state index is 1.25. The van der Waals surface area contributed by atoms with Crippen molar-refractivity contribution in [2.75, 3.05) is 0 Å². The Morgan fingerprint density at radius 2 is 1.68 bits per heavy atom. The van der Waals surface area contributed by atoms with E-state index in [1.54, 1.807) is 22.3 Å². The van der Waals surface area contributed by atoms with Crippen LogP contribution in [0, 0.1) is 0 Å². The van der Waals surface area contributed by atoms with E-state index in [1.807, 2.05) is 0 Å². The molecule has 2 aliphatic carbocycles. The lowest BCUT2D eigenvalue weighted by molar-refractivity contribution is 0.405. The number of hydrogen-bond donors (Lipinski definition) is 2. The topological polar surface area (TPSA) is 57.5 Å². The van der Waals surface area contributed by atoms with E-state index in [-0.39, 0.29) is 0 Å². The largest absolute Gasteiger partial charge is 0.326 e. The van der Waals surface area contributed by atoms with Gasteiger partial charge in [-0.15, -0.1) is 0 Å². The monoisotopic (exact) mass is 284 g/mol. The highest BCUT2D eigenvalue weighted by atomic mass is 31.1. The lowest BCUT2D eigenvalue weighted by atomic mass is 9.96. The van der Waals surface area contributed by atoms with Crippen molar-refractivity contribution in [1.82, 2.24) is 0 Å². The van der Waals surface area contributed by atoms with Crippen LogP contribution in [0.5, 0.6) is 0 Å². The van der Waals surface area contributed by atoms with Crippen LogP contribution in [0.2, 0.25) is 0 Å². The minimum Gasteiger partial charge on any atom is -0.326 e. The maximum absolute atomic E-state index is 8.74. The molecule has 2 rings (SSSR count). The van der Waals surface area contributed by atoms with Gasteiger partial charge in [0.2, 0.25) is 0 Å². The van der Waals surface area contributed by atoms with E-state index >= 15 is 0 Å². The first-order valence-corrected chi connectivity index (χ1v) is 8.44. The van der Waals surface area contributed by atoms with E-state index in [9.17, 15) is 0 Å². The molecule has 0 saturated carbocycles. The molecule has 0 aromatic carbocycles. The molecule has 0 heterocycles. The smallest absolute Gasteiger partial charge is 0.314 e. The summed E-state index contributed by atoms with van der Waals surface area (Å²) in [4.78, 5) is 14.3. The van der Waals surface area contributed by atoms with E-state index in [2.05, 4.69) is 26.0 Å². The van der Waals surface area contributed by atoms with E-state index in [4.69, 9.17) is 14.4 Å². The normalized spacial score (nSPS) is 16.5. The Labute approximate surface area is 116 Å². The Morgan fingerprint density at radius 3 is 2.21 bits per heavy atom. The number of allylic oxidation sites excluding steroid dienone is 6. The molecule has 0 aromatic rings. The van der Waals surface area contributed by atoms with Crippen molar-refractivity contribution in [3.63, 3.8) is 0 Å². The van der Waals surface area contributed by atoms with Crippen molar-refractivity contribution in [2.45, 2.75) is 58.8 Å². The van der Waals surface area contributed by atoms with Crippen LogP contribution < -0.4 is 0 Å². The van der Waals surface area contributed by atoms with E-state index in [0.29, 0.717) is 0 Å². The molecule has 0 radical (unpaired) electrons. The van der Waals surface area contributed by atoms with Crippen LogP contribution >= 0.6 is 8.25 Å². The van der Waals surface area contributed by atoms with Crippen molar-refractivity contribution in [1.29, 1.82) is 0 Å². The maximum atomic E-state index is 8.74. The van der Waals surface area contributed by atoms with Crippen molar-refractivity contribution in [3.05, 3.63) is 34.4 Å². The van der Waals surface area contributed by atoms with Crippen LogP contribution in [0.3, 0.4) is 0 Å². The van der Waals surface area contributed by atoms with Gasteiger partial charge in [0.1, 0.15) is 0 Å². The Bertz CT molecular complexity index is 415. The lowest BCUT2D eigenvalue weighted by Crippen LogP contribution is -1.90. The SMILES string of the molecule is CCCCC1=CC2=CC(CCCC)=C1C2.O=[PH](O)O. The molecular weight excluding hydrogens is 259 g/mol. The molecule has 0 saturated heterocycles. The van der Waals surface area contributed by atoms with Gasteiger partial charge in [-0.1, -0.05) is 38.8 Å². The molecule has 0 amide bonds. The summed E-state index contributed by atoms with van der Waals surface area (Å²) in [5.74, 6) is 0. The highest BCUT2D eigenvalue weighted by Gasteiger charge is 2.23. The summed E-state index contributed by atoms with van der Waals surface area (Å²) in [5.41, 5.74) is 6.56. The second-order valence-corrected chi connectivity index (χ2v) is 5.62. The average Bonchev–Trinajstić information content (AvgIpc) is 2.92. The Hall–Kier alpha value is -0.630. The number of rotatable bonds is 6. The molecule has 0 fully saturated rings. The van der Waals surface area contributed by atoms with Gasteiger partial charge in [0.25, 0.3) is 0 Å². The van der Waals surface area contributed by atoms with Crippen LogP contribution in [0.4, 0.5) is 0 Å². The second-order valence-electron chi connectivity index (χ2n) is 5.06. The van der Waals surface area contributed by atoms with Crippen molar-refractivity contribution in [2.24, 2.45) is 0 Å². The molecule has 2 bridgehead atoms. The zero-order valence-corrected chi connectivity index (χ0v) is 12.9.